The zero-order valence-electron chi connectivity index (χ0n) is 10.7. The number of carbonyl (C=O) groups is 1. The third-order valence-electron chi connectivity index (χ3n) is 3.21. The number of rotatable bonds is 2. The molecule has 0 aromatic heterocycles. The summed E-state index contributed by atoms with van der Waals surface area (Å²) in [5.74, 6) is -0.806. The summed E-state index contributed by atoms with van der Waals surface area (Å²) in [6.45, 7) is 2.75. The van der Waals surface area contributed by atoms with Crippen molar-refractivity contribution in [1.29, 1.82) is 0 Å². The zero-order chi connectivity index (χ0) is 13.2. The van der Waals surface area contributed by atoms with E-state index in [1.807, 2.05) is 6.92 Å². The van der Waals surface area contributed by atoms with Crippen LogP contribution < -0.4 is 11.1 Å². The number of amides is 1. The number of hydrogen-bond donors (Lipinski definition) is 2. The van der Waals surface area contributed by atoms with Gasteiger partial charge in [0.15, 0.2) is 0 Å². The number of carbonyl (C=O) groups excluding carboxylic acids is 1. The molecule has 2 rings (SSSR count). The Kier molecular flexibility index (Phi) is 5.29. The highest BCUT2D eigenvalue weighted by molar-refractivity contribution is 5.98. The van der Waals surface area contributed by atoms with Crippen LogP contribution in [0.4, 0.5) is 10.1 Å². The standard InChI is InChI=1S/C13H17FN2O2.ClH/c1-9-2-3-10(14)11(8-9)16-12(17)13(15)4-6-18-7-5-13;/h2-3,8H,4-7,15H2,1H3,(H,16,17);1H. The first-order valence-electron chi connectivity index (χ1n) is 5.95. The van der Waals surface area contributed by atoms with Gasteiger partial charge in [0.25, 0.3) is 0 Å². The van der Waals surface area contributed by atoms with E-state index in [4.69, 9.17) is 10.5 Å². The molecule has 0 spiro atoms. The summed E-state index contributed by atoms with van der Waals surface area (Å²) < 4.78 is 18.7. The van der Waals surface area contributed by atoms with E-state index in [9.17, 15) is 9.18 Å². The Morgan fingerprint density at radius 1 is 1.42 bits per heavy atom. The van der Waals surface area contributed by atoms with Crippen LogP contribution in [0, 0.1) is 12.7 Å². The van der Waals surface area contributed by atoms with E-state index >= 15 is 0 Å². The average molecular weight is 289 g/mol. The number of ether oxygens (including phenoxy) is 1. The molecule has 0 unspecified atom stereocenters. The molecule has 4 nitrogen and oxygen atoms in total. The van der Waals surface area contributed by atoms with Gasteiger partial charge in [0.2, 0.25) is 5.91 Å². The smallest absolute Gasteiger partial charge is 0.244 e. The summed E-state index contributed by atoms with van der Waals surface area (Å²) >= 11 is 0. The fourth-order valence-corrected chi connectivity index (χ4v) is 1.94. The SMILES string of the molecule is Cc1ccc(F)c(NC(=O)C2(N)CCOCC2)c1.Cl. The van der Waals surface area contributed by atoms with Gasteiger partial charge in [-0.1, -0.05) is 6.07 Å². The van der Waals surface area contributed by atoms with Crippen LogP contribution in [-0.4, -0.2) is 24.7 Å². The number of anilines is 1. The molecule has 19 heavy (non-hydrogen) atoms. The molecule has 1 aromatic rings. The van der Waals surface area contributed by atoms with Crippen LogP contribution in [0.5, 0.6) is 0 Å². The fourth-order valence-electron chi connectivity index (χ4n) is 1.94. The monoisotopic (exact) mass is 288 g/mol. The second-order valence-corrected chi connectivity index (χ2v) is 4.71. The van der Waals surface area contributed by atoms with Gasteiger partial charge in [-0.2, -0.15) is 0 Å². The number of benzene rings is 1. The lowest BCUT2D eigenvalue weighted by Gasteiger charge is -2.31. The third-order valence-corrected chi connectivity index (χ3v) is 3.21. The van der Waals surface area contributed by atoms with E-state index < -0.39 is 11.4 Å². The van der Waals surface area contributed by atoms with Crippen molar-refractivity contribution >= 4 is 24.0 Å². The van der Waals surface area contributed by atoms with Crippen molar-refractivity contribution in [3.05, 3.63) is 29.6 Å². The minimum atomic E-state index is -0.964. The molecule has 1 aromatic carbocycles. The molecule has 1 aliphatic rings. The van der Waals surface area contributed by atoms with Crippen molar-refractivity contribution in [3.8, 4) is 0 Å². The van der Waals surface area contributed by atoms with Gasteiger partial charge < -0.3 is 15.8 Å². The Hall–Kier alpha value is -1.17. The number of nitrogens with one attached hydrogen (secondary N) is 1. The second-order valence-electron chi connectivity index (χ2n) is 4.71. The summed E-state index contributed by atoms with van der Waals surface area (Å²) in [7, 11) is 0. The maximum Gasteiger partial charge on any atom is 0.244 e. The van der Waals surface area contributed by atoms with E-state index in [0.717, 1.165) is 5.56 Å². The largest absolute Gasteiger partial charge is 0.381 e. The Bertz CT molecular complexity index is 462. The molecule has 106 valence electrons. The highest BCUT2D eigenvalue weighted by Gasteiger charge is 2.36. The van der Waals surface area contributed by atoms with Crippen LogP contribution in [0.2, 0.25) is 0 Å². The Balaban J connectivity index is 0.00000180. The van der Waals surface area contributed by atoms with Crippen LogP contribution in [-0.2, 0) is 9.53 Å². The Morgan fingerprint density at radius 2 is 2.05 bits per heavy atom. The van der Waals surface area contributed by atoms with Crippen molar-refractivity contribution in [1.82, 2.24) is 0 Å². The molecule has 0 aliphatic carbocycles. The predicted molar refractivity (Wildman–Crippen MR) is 74.0 cm³/mol. The van der Waals surface area contributed by atoms with Gasteiger partial charge >= 0.3 is 0 Å². The van der Waals surface area contributed by atoms with Crippen molar-refractivity contribution in [2.75, 3.05) is 18.5 Å². The summed E-state index contributed by atoms with van der Waals surface area (Å²) in [5.41, 5.74) is 6.12. The lowest BCUT2D eigenvalue weighted by Crippen LogP contribution is -2.54. The highest BCUT2D eigenvalue weighted by Crippen LogP contribution is 2.22. The molecule has 3 N–H and O–H groups in total. The van der Waals surface area contributed by atoms with E-state index in [1.54, 1.807) is 12.1 Å². The van der Waals surface area contributed by atoms with Gasteiger partial charge in [-0.3, -0.25) is 4.79 Å². The van der Waals surface area contributed by atoms with Crippen molar-refractivity contribution < 1.29 is 13.9 Å². The van der Waals surface area contributed by atoms with Gasteiger partial charge in [-0.05, 0) is 37.5 Å². The van der Waals surface area contributed by atoms with E-state index in [2.05, 4.69) is 5.32 Å². The Morgan fingerprint density at radius 3 is 2.68 bits per heavy atom. The van der Waals surface area contributed by atoms with E-state index in [0.29, 0.717) is 26.1 Å². The topological polar surface area (TPSA) is 64.4 Å². The zero-order valence-corrected chi connectivity index (χ0v) is 11.6. The molecule has 1 amide bonds. The number of halogens is 2. The molecule has 6 heteroatoms. The summed E-state index contributed by atoms with van der Waals surface area (Å²) in [4.78, 5) is 12.1. The molecule has 0 bridgehead atoms. The third kappa shape index (κ3) is 3.65. The lowest BCUT2D eigenvalue weighted by molar-refractivity contribution is -0.124. The molecule has 1 aliphatic heterocycles. The summed E-state index contributed by atoms with van der Waals surface area (Å²) in [6.07, 6.45) is 0.901. The average Bonchev–Trinajstić information content (AvgIpc) is 2.35. The van der Waals surface area contributed by atoms with Crippen LogP contribution in [0.3, 0.4) is 0 Å². The van der Waals surface area contributed by atoms with Crippen molar-refractivity contribution in [2.45, 2.75) is 25.3 Å². The van der Waals surface area contributed by atoms with Gasteiger partial charge in [0, 0.05) is 13.2 Å². The van der Waals surface area contributed by atoms with E-state index in [-0.39, 0.29) is 24.0 Å². The number of nitrogens with two attached hydrogens (primary N) is 1. The quantitative estimate of drug-likeness (QED) is 0.875. The molecule has 0 atom stereocenters. The predicted octanol–water partition coefficient (Wildman–Crippen LogP) is 2.00. The minimum absolute atomic E-state index is 0. The van der Waals surface area contributed by atoms with Gasteiger partial charge in [-0.25, -0.2) is 4.39 Å². The Labute approximate surface area is 117 Å². The maximum atomic E-state index is 13.5. The molecule has 0 radical (unpaired) electrons. The van der Waals surface area contributed by atoms with Crippen molar-refractivity contribution in [2.24, 2.45) is 5.73 Å². The van der Waals surface area contributed by atoms with Crippen LogP contribution >= 0.6 is 12.4 Å². The molecule has 1 fully saturated rings. The normalized spacial score (nSPS) is 17.4. The van der Waals surface area contributed by atoms with Gasteiger partial charge in [0.05, 0.1) is 5.69 Å². The van der Waals surface area contributed by atoms with E-state index in [1.165, 1.54) is 6.07 Å². The van der Waals surface area contributed by atoms with Crippen LogP contribution in [0.15, 0.2) is 18.2 Å². The molecular formula is C13H18ClFN2O2. The van der Waals surface area contributed by atoms with Gasteiger partial charge in [-0.15, -0.1) is 12.4 Å². The summed E-state index contributed by atoms with van der Waals surface area (Å²) in [5, 5.41) is 2.57. The first kappa shape index (κ1) is 15.9. The molecular weight excluding hydrogens is 271 g/mol. The fraction of sp³-hybridized carbons (Fsp3) is 0.462. The second kappa shape index (κ2) is 6.32. The van der Waals surface area contributed by atoms with Crippen LogP contribution in [0.1, 0.15) is 18.4 Å². The molecule has 0 saturated carbocycles. The number of aryl methyl sites for hydroxylation is 1. The molecule has 1 heterocycles. The summed E-state index contributed by atoms with van der Waals surface area (Å²) in [6, 6.07) is 4.58. The van der Waals surface area contributed by atoms with Gasteiger partial charge in [0.1, 0.15) is 11.4 Å². The maximum absolute atomic E-state index is 13.5. The van der Waals surface area contributed by atoms with Crippen LogP contribution in [0.25, 0.3) is 0 Å². The minimum Gasteiger partial charge on any atom is -0.381 e. The molecule has 1 saturated heterocycles. The lowest BCUT2D eigenvalue weighted by atomic mass is 9.90. The number of hydrogen-bond acceptors (Lipinski definition) is 3. The van der Waals surface area contributed by atoms with Crippen molar-refractivity contribution in [3.63, 3.8) is 0 Å². The highest BCUT2D eigenvalue weighted by atomic mass is 35.5. The first-order valence-corrected chi connectivity index (χ1v) is 5.95. The first-order chi connectivity index (χ1) is 8.51.